The Hall–Kier alpha value is -1.94. The molecule has 0 unspecified atom stereocenters. The molecule has 0 spiro atoms. The maximum atomic E-state index is 5.39. The number of allylic oxidation sites excluding steroid dienone is 3. The maximum Gasteiger partial charge on any atom is 0.187 e. The number of hydrogen-bond acceptors (Lipinski definition) is 2. The summed E-state index contributed by atoms with van der Waals surface area (Å²) in [5.41, 5.74) is 4.09. The van der Waals surface area contributed by atoms with Crippen molar-refractivity contribution >= 4 is 29.6 Å². The minimum absolute atomic E-state index is 0.508. The minimum Gasteiger partial charge on any atom is -0.358 e. The second-order valence-corrected chi connectivity index (χ2v) is 7.45. The van der Waals surface area contributed by atoms with Crippen LogP contribution in [-0.2, 0) is 0 Å². The standard InChI is InChI=1S/C20H23N3S/c24-20(23-21-11-5-8-14-6-2-1-3-7-14)22-19-13-15-12-18(19)17-10-4-9-16(15)17/h1-8,10-11,15-19H,9,12-13H2,(H2,22,23,24)/b8-5+,21-11-/t15-,16+,17-,18-,19-/m1/s1. The zero-order valence-corrected chi connectivity index (χ0v) is 14.5. The Bertz CT molecular complexity index is 679. The highest BCUT2D eigenvalue weighted by Crippen LogP contribution is 2.56. The van der Waals surface area contributed by atoms with Gasteiger partial charge in [0.25, 0.3) is 0 Å². The second kappa shape index (κ2) is 6.89. The minimum atomic E-state index is 0.508. The van der Waals surface area contributed by atoms with Crippen molar-refractivity contribution in [3.63, 3.8) is 0 Å². The molecule has 0 heterocycles. The summed E-state index contributed by atoms with van der Waals surface area (Å²) in [7, 11) is 0. The highest BCUT2D eigenvalue weighted by atomic mass is 32.1. The van der Waals surface area contributed by atoms with Gasteiger partial charge in [-0.05, 0) is 66.8 Å². The van der Waals surface area contributed by atoms with E-state index in [1.54, 1.807) is 6.21 Å². The monoisotopic (exact) mass is 337 g/mol. The van der Waals surface area contributed by atoms with E-state index in [9.17, 15) is 0 Å². The van der Waals surface area contributed by atoms with E-state index in [0.29, 0.717) is 11.2 Å². The average molecular weight is 337 g/mol. The lowest BCUT2D eigenvalue weighted by Crippen LogP contribution is -2.45. The molecule has 2 saturated carbocycles. The van der Waals surface area contributed by atoms with Crippen LogP contribution in [0.25, 0.3) is 6.08 Å². The molecule has 0 saturated heterocycles. The normalized spacial score (nSPS) is 33.4. The zero-order chi connectivity index (χ0) is 16.4. The molecule has 4 rings (SSSR count). The molecule has 0 aromatic heterocycles. The zero-order valence-electron chi connectivity index (χ0n) is 13.6. The molecule has 3 aliphatic carbocycles. The van der Waals surface area contributed by atoms with Gasteiger partial charge in [-0.3, -0.25) is 5.43 Å². The van der Waals surface area contributed by atoms with Gasteiger partial charge < -0.3 is 5.32 Å². The summed E-state index contributed by atoms with van der Waals surface area (Å²) in [6.07, 6.45) is 14.4. The SMILES string of the molecule is S=C(N/N=C\C=C\c1ccccc1)N[C@@H]1C[C@H]2C[C@@H]1[C@@H]1C=CC[C@@H]21. The van der Waals surface area contributed by atoms with Gasteiger partial charge in [0, 0.05) is 12.3 Å². The van der Waals surface area contributed by atoms with Gasteiger partial charge in [-0.2, -0.15) is 5.10 Å². The number of nitrogens with zero attached hydrogens (tertiary/aromatic N) is 1. The third-order valence-corrected chi connectivity index (χ3v) is 5.95. The number of fused-ring (bicyclic) bond motifs is 5. The molecule has 0 amide bonds. The van der Waals surface area contributed by atoms with Crippen molar-refractivity contribution in [3.8, 4) is 0 Å². The van der Waals surface area contributed by atoms with E-state index in [4.69, 9.17) is 12.2 Å². The third kappa shape index (κ3) is 3.16. The highest BCUT2D eigenvalue weighted by molar-refractivity contribution is 7.80. The lowest BCUT2D eigenvalue weighted by Gasteiger charge is -2.32. The quantitative estimate of drug-likeness (QED) is 0.380. The molecule has 0 aliphatic heterocycles. The van der Waals surface area contributed by atoms with Crippen LogP contribution >= 0.6 is 12.2 Å². The number of thiocarbonyl (C=S) groups is 1. The van der Waals surface area contributed by atoms with E-state index in [2.05, 4.69) is 40.1 Å². The van der Waals surface area contributed by atoms with Crippen LogP contribution < -0.4 is 10.7 Å². The van der Waals surface area contributed by atoms with Crippen molar-refractivity contribution in [1.82, 2.24) is 10.7 Å². The van der Waals surface area contributed by atoms with Gasteiger partial charge in [0.2, 0.25) is 0 Å². The molecule has 2 N–H and O–H groups in total. The van der Waals surface area contributed by atoms with Crippen molar-refractivity contribution in [2.45, 2.75) is 25.3 Å². The lowest BCUT2D eigenvalue weighted by molar-refractivity contribution is 0.246. The van der Waals surface area contributed by atoms with Gasteiger partial charge in [-0.15, -0.1) is 0 Å². The number of nitrogens with one attached hydrogen (secondary N) is 2. The van der Waals surface area contributed by atoms with Crippen LogP contribution in [0.5, 0.6) is 0 Å². The average Bonchev–Trinajstić information content (AvgIpc) is 3.28. The van der Waals surface area contributed by atoms with Crippen molar-refractivity contribution in [1.29, 1.82) is 0 Å². The van der Waals surface area contributed by atoms with E-state index in [1.807, 2.05) is 30.4 Å². The summed E-state index contributed by atoms with van der Waals surface area (Å²) < 4.78 is 0. The summed E-state index contributed by atoms with van der Waals surface area (Å²) in [6, 6.07) is 10.7. The Labute approximate surface area is 148 Å². The van der Waals surface area contributed by atoms with E-state index >= 15 is 0 Å². The Morgan fingerprint density at radius 1 is 1.17 bits per heavy atom. The Morgan fingerprint density at radius 3 is 2.92 bits per heavy atom. The summed E-state index contributed by atoms with van der Waals surface area (Å²) in [4.78, 5) is 0. The Balaban J connectivity index is 1.24. The summed E-state index contributed by atoms with van der Waals surface area (Å²) in [5.74, 6) is 3.32. The van der Waals surface area contributed by atoms with Crippen LogP contribution in [0.3, 0.4) is 0 Å². The first-order chi connectivity index (χ1) is 11.8. The van der Waals surface area contributed by atoms with Crippen LogP contribution in [-0.4, -0.2) is 17.4 Å². The first-order valence-corrected chi connectivity index (χ1v) is 9.20. The van der Waals surface area contributed by atoms with Crippen molar-refractivity contribution in [3.05, 3.63) is 54.1 Å². The van der Waals surface area contributed by atoms with Gasteiger partial charge >= 0.3 is 0 Å². The first-order valence-electron chi connectivity index (χ1n) is 8.79. The molecule has 2 fully saturated rings. The molecule has 0 radical (unpaired) electrons. The second-order valence-electron chi connectivity index (χ2n) is 7.04. The van der Waals surface area contributed by atoms with Crippen LogP contribution in [0.2, 0.25) is 0 Å². The topological polar surface area (TPSA) is 36.4 Å². The van der Waals surface area contributed by atoms with Crippen LogP contribution in [0.15, 0.2) is 53.7 Å². The lowest BCUT2D eigenvalue weighted by atomic mass is 9.79. The molecule has 4 heteroatoms. The van der Waals surface area contributed by atoms with Gasteiger partial charge in [0.05, 0.1) is 0 Å². The fraction of sp³-hybridized carbons (Fsp3) is 0.400. The number of rotatable bonds is 4. The van der Waals surface area contributed by atoms with Crippen molar-refractivity contribution in [2.24, 2.45) is 28.8 Å². The Kier molecular flexibility index (Phi) is 4.48. The molecule has 3 aliphatic rings. The van der Waals surface area contributed by atoms with Crippen LogP contribution in [0.4, 0.5) is 0 Å². The van der Waals surface area contributed by atoms with Crippen molar-refractivity contribution in [2.75, 3.05) is 0 Å². The van der Waals surface area contributed by atoms with E-state index in [0.717, 1.165) is 29.2 Å². The molecule has 5 atom stereocenters. The Morgan fingerprint density at radius 2 is 2.04 bits per heavy atom. The van der Waals surface area contributed by atoms with Gasteiger partial charge in [0.1, 0.15) is 0 Å². The third-order valence-electron chi connectivity index (χ3n) is 5.74. The van der Waals surface area contributed by atoms with E-state index in [-0.39, 0.29) is 0 Å². The fourth-order valence-corrected chi connectivity index (χ4v) is 4.97. The van der Waals surface area contributed by atoms with Gasteiger partial charge in [-0.25, -0.2) is 0 Å². The number of hydrogen-bond donors (Lipinski definition) is 2. The highest BCUT2D eigenvalue weighted by Gasteiger charge is 2.52. The number of hydrazone groups is 1. The molecule has 3 nitrogen and oxygen atoms in total. The summed E-state index contributed by atoms with van der Waals surface area (Å²) in [6.45, 7) is 0. The first kappa shape index (κ1) is 15.6. The van der Waals surface area contributed by atoms with Crippen molar-refractivity contribution < 1.29 is 0 Å². The fourth-order valence-electron chi connectivity index (χ4n) is 4.77. The maximum absolute atomic E-state index is 5.39. The largest absolute Gasteiger partial charge is 0.358 e. The predicted molar refractivity (Wildman–Crippen MR) is 104 cm³/mol. The number of benzene rings is 1. The van der Waals surface area contributed by atoms with Gasteiger partial charge in [0.15, 0.2) is 5.11 Å². The van der Waals surface area contributed by atoms with E-state index in [1.165, 1.54) is 19.3 Å². The molecule has 2 bridgehead atoms. The summed E-state index contributed by atoms with van der Waals surface area (Å²) in [5, 5.41) is 8.29. The molecular weight excluding hydrogens is 314 g/mol. The molecular formula is C20H23N3S. The molecule has 124 valence electrons. The smallest absolute Gasteiger partial charge is 0.187 e. The van der Waals surface area contributed by atoms with Gasteiger partial charge in [-0.1, -0.05) is 48.6 Å². The molecule has 1 aromatic carbocycles. The molecule has 24 heavy (non-hydrogen) atoms. The predicted octanol–water partition coefficient (Wildman–Crippen LogP) is 3.75. The summed E-state index contributed by atoms with van der Waals surface area (Å²) >= 11 is 5.39. The van der Waals surface area contributed by atoms with E-state index < -0.39 is 0 Å². The van der Waals surface area contributed by atoms with Crippen LogP contribution in [0, 0.1) is 23.7 Å². The molecule has 1 aromatic rings. The van der Waals surface area contributed by atoms with Crippen LogP contribution in [0.1, 0.15) is 24.8 Å².